The van der Waals surface area contributed by atoms with E-state index in [9.17, 15) is 9.59 Å². The highest BCUT2D eigenvalue weighted by Gasteiger charge is 2.35. The van der Waals surface area contributed by atoms with Crippen LogP contribution in [0.25, 0.3) is 0 Å². The molecule has 1 saturated heterocycles. The van der Waals surface area contributed by atoms with Crippen LogP contribution in [0.5, 0.6) is 0 Å². The standard InChI is InChI=1S/C11H19NO6/c1-6(11(16-2)17-3)12-9(13)7-4-5-8(18-7)10(14)15/h6-8,11H,4-5H2,1-3H3,(H,12,13)(H,14,15). The van der Waals surface area contributed by atoms with Gasteiger partial charge in [-0.3, -0.25) is 4.79 Å². The van der Waals surface area contributed by atoms with Crippen LogP contribution in [0.3, 0.4) is 0 Å². The number of hydrogen-bond donors (Lipinski definition) is 2. The minimum atomic E-state index is -1.04. The smallest absolute Gasteiger partial charge is 0.332 e. The number of carboxylic acids is 1. The molecule has 1 heterocycles. The lowest BCUT2D eigenvalue weighted by Crippen LogP contribution is -2.47. The van der Waals surface area contributed by atoms with Crippen molar-refractivity contribution in [3.05, 3.63) is 0 Å². The molecule has 1 aliphatic rings. The van der Waals surface area contributed by atoms with Crippen LogP contribution in [0.15, 0.2) is 0 Å². The average Bonchev–Trinajstić information content (AvgIpc) is 2.79. The van der Waals surface area contributed by atoms with Gasteiger partial charge < -0.3 is 24.6 Å². The summed E-state index contributed by atoms with van der Waals surface area (Å²) < 4.78 is 15.2. The third-order valence-electron chi connectivity index (χ3n) is 2.83. The van der Waals surface area contributed by atoms with E-state index in [1.165, 1.54) is 14.2 Å². The Morgan fingerprint density at radius 1 is 1.28 bits per heavy atom. The summed E-state index contributed by atoms with van der Waals surface area (Å²) in [6, 6.07) is -0.347. The molecule has 0 aromatic rings. The lowest BCUT2D eigenvalue weighted by atomic mass is 10.2. The van der Waals surface area contributed by atoms with Crippen molar-refractivity contribution >= 4 is 11.9 Å². The van der Waals surface area contributed by atoms with Crippen molar-refractivity contribution in [3.8, 4) is 0 Å². The quantitative estimate of drug-likeness (QED) is 0.640. The first-order valence-corrected chi connectivity index (χ1v) is 5.73. The van der Waals surface area contributed by atoms with Gasteiger partial charge in [0.2, 0.25) is 5.91 Å². The first kappa shape index (κ1) is 14.9. The van der Waals surface area contributed by atoms with E-state index < -0.39 is 24.5 Å². The molecule has 3 unspecified atom stereocenters. The average molecular weight is 261 g/mol. The molecule has 3 atom stereocenters. The third-order valence-corrected chi connectivity index (χ3v) is 2.83. The fourth-order valence-electron chi connectivity index (χ4n) is 1.90. The second kappa shape index (κ2) is 6.67. The molecular weight excluding hydrogens is 242 g/mol. The highest BCUT2D eigenvalue weighted by atomic mass is 16.7. The first-order valence-electron chi connectivity index (χ1n) is 5.73. The van der Waals surface area contributed by atoms with Gasteiger partial charge in [0, 0.05) is 14.2 Å². The highest BCUT2D eigenvalue weighted by molar-refractivity contribution is 5.82. The van der Waals surface area contributed by atoms with E-state index in [2.05, 4.69) is 5.32 Å². The van der Waals surface area contributed by atoms with Crippen molar-refractivity contribution in [3.63, 3.8) is 0 Å². The SMILES string of the molecule is COC(OC)C(C)NC(=O)C1CCC(C(=O)O)O1. The van der Waals surface area contributed by atoms with E-state index in [0.717, 1.165) is 0 Å². The van der Waals surface area contributed by atoms with Crippen LogP contribution in [-0.2, 0) is 23.8 Å². The van der Waals surface area contributed by atoms with Crippen molar-refractivity contribution in [1.29, 1.82) is 0 Å². The number of rotatable bonds is 6. The number of hydrogen-bond acceptors (Lipinski definition) is 5. The number of ether oxygens (including phenoxy) is 3. The fourth-order valence-corrected chi connectivity index (χ4v) is 1.90. The van der Waals surface area contributed by atoms with Gasteiger partial charge in [0.1, 0.15) is 6.10 Å². The number of carbonyl (C=O) groups excluding carboxylic acids is 1. The molecule has 1 amide bonds. The molecule has 0 radical (unpaired) electrons. The molecule has 0 aromatic heterocycles. The van der Waals surface area contributed by atoms with Gasteiger partial charge in [-0.2, -0.15) is 0 Å². The van der Waals surface area contributed by atoms with Gasteiger partial charge in [-0.25, -0.2) is 4.79 Å². The molecule has 0 aromatic carbocycles. The Bertz CT molecular complexity index is 304. The minimum absolute atomic E-state index is 0.342. The minimum Gasteiger partial charge on any atom is -0.479 e. The summed E-state index contributed by atoms with van der Waals surface area (Å²) in [4.78, 5) is 22.5. The van der Waals surface area contributed by atoms with Crippen molar-refractivity contribution in [2.24, 2.45) is 0 Å². The molecule has 0 saturated carbocycles. The number of carbonyl (C=O) groups is 2. The van der Waals surface area contributed by atoms with Crippen molar-refractivity contribution in [2.75, 3.05) is 14.2 Å². The zero-order chi connectivity index (χ0) is 13.7. The second-order valence-corrected chi connectivity index (χ2v) is 4.17. The third kappa shape index (κ3) is 3.66. The Balaban J connectivity index is 2.44. The Labute approximate surface area is 105 Å². The Hall–Kier alpha value is -1.18. The van der Waals surface area contributed by atoms with E-state index in [-0.39, 0.29) is 11.9 Å². The number of methoxy groups -OCH3 is 2. The lowest BCUT2D eigenvalue weighted by Gasteiger charge is -2.23. The summed E-state index contributed by atoms with van der Waals surface area (Å²) in [5, 5.41) is 11.4. The molecular formula is C11H19NO6. The predicted molar refractivity (Wildman–Crippen MR) is 60.9 cm³/mol. The molecule has 1 aliphatic heterocycles. The van der Waals surface area contributed by atoms with Crippen molar-refractivity contribution in [2.45, 2.75) is 44.3 Å². The van der Waals surface area contributed by atoms with Crippen LogP contribution in [-0.4, -0.2) is 55.7 Å². The highest BCUT2D eigenvalue weighted by Crippen LogP contribution is 2.20. The number of amides is 1. The van der Waals surface area contributed by atoms with Crippen LogP contribution in [0.2, 0.25) is 0 Å². The zero-order valence-corrected chi connectivity index (χ0v) is 10.7. The van der Waals surface area contributed by atoms with E-state index in [4.69, 9.17) is 19.3 Å². The van der Waals surface area contributed by atoms with Crippen LogP contribution in [0.4, 0.5) is 0 Å². The topological polar surface area (TPSA) is 94.1 Å². The molecule has 18 heavy (non-hydrogen) atoms. The van der Waals surface area contributed by atoms with Gasteiger partial charge in [0.25, 0.3) is 0 Å². The molecule has 0 spiro atoms. The molecule has 7 heteroatoms. The Kier molecular flexibility index (Phi) is 5.52. The number of nitrogens with one attached hydrogen (secondary N) is 1. The molecule has 7 nitrogen and oxygen atoms in total. The summed E-state index contributed by atoms with van der Waals surface area (Å²) >= 11 is 0. The Morgan fingerprint density at radius 3 is 2.28 bits per heavy atom. The van der Waals surface area contributed by atoms with E-state index >= 15 is 0 Å². The maximum Gasteiger partial charge on any atom is 0.332 e. The van der Waals surface area contributed by atoms with Gasteiger partial charge in [-0.15, -0.1) is 0 Å². The number of carboxylic acid groups (broad SMARTS) is 1. The van der Waals surface area contributed by atoms with Crippen molar-refractivity contribution < 1.29 is 28.9 Å². The largest absolute Gasteiger partial charge is 0.479 e. The molecule has 1 rings (SSSR count). The first-order chi connectivity index (χ1) is 8.49. The van der Waals surface area contributed by atoms with Gasteiger partial charge in [-0.05, 0) is 19.8 Å². The Morgan fingerprint density at radius 2 is 1.83 bits per heavy atom. The summed E-state index contributed by atoms with van der Waals surface area (Å²) in [5.41, 5.74) is 0. The monoisotopic (exact) mass is 261 g/mol. The fraction of sp³-hybridized carbons (Fsp3) is 0.818. The predicted octanol–water partition coefficient (Wildman–Crippen LogP) is -0.258. The maximum atomic E-state index is 11.8. The molecule has 0 aliphatic carbocycles. The van der Waals surface area contributed by atoms with E-state index in [1.807, 2.05) is 0 Å². The summed E-state index contributed by atoms with van der Waals surface area (Å²) in [6.45, 7) is 1.74. The van der Waals surface area contributed by atoms with Gasteiger partial charge in [0.05, 0.1) is 6.04 Å². The summed E-state index contributed by atoms with van der Waals surface area (Å²) in [5.74, 6) is -1.38. The van der Waals surface area contributed by atoms with Crippen molar-refractivity contribution in [1.82, 2.24) is 5.32 Å². The molecule has 2 N–H and O–H groups in total. The van der Waals surface area contributed by atoms with E-state index in [1.54, 1.807) is 6.92 Å². The lowest BCUT2D eigenvalue weighted by molar-refractivity contribution is -0.154. The summed E-state index contributed by atoms with van der Waals surface area (Å²) in [7, 11) is 2.95. The van der Waals surface area contributed by atoms with Gasteiger partial charge >= 0.3 is 5.97 Å². The second-order valence-electron chi connectivity index (χ2n) is 4.17. The van der Waals surface area contributed by atoms with Crippen LogP contribution in [0, 0.1) is 0 Å². The molecule has 1 fully saturated rings. The normalized spacial score (nSPS) is 25.1. The van der Waals surface area contributed by atoms with Crippen LogP contribution in [0.1, 0.15) is 19.8 Å². The van der Waals surface area contributed by atoms with Gasteiger partial charge in [-0.1, -0.05) is 0 Å². The number of aliphatic carboxylic acids is 1. The molecule has 0 bridgehead atoms. The summed E-state index contributed by atoms with van der Waals surface area (Å²) in [6.07, 6.45) is -1.41. The van der Waals surface area contributed by atoms with Crippen LogP contribution >= 0.6 is 0 Å². The zero-order valence-electron chi connectivity index (χ0n) is 10.7. The molecule has 104 valence electrons. The maximum absolute atomic E-state index is 11.8. The van der Waals surface area contributed by atoms with E-state index in [0.29, 0.717) is 12.8 Å². The van der Waals surface area contributed by atoms with Gasteiger partial charge in [0.15, 0.2) is 12.4 Å². The van der Waals surface area contributed by atoms with Crippen LogP contribution < -0.4 is 5.32 Å².